The number of carbonyl (C=O) groups excluding carboxylic acids is 1. The standard InChI is InChI=1S/C14H23N5O/c1-10-12(16-13(20)11-4-3-5-11)14(18(2)17-10)19-8-6-15-7-9-19/h11,15H,3-9H2,1-2H3,(H,16,20). The van der Waals surface area contributed by atoms with Crippen LogP contribution in [0, 0.1) is 12.8 Å². The monoisotopic (exact) mass is 277 g/mol. The van der Waals surface area contributed by atoms with E-state index in [4.69, 9.17) is 0 Å². The Morgan fingerprint density at radius 1 is 1.35 bits per heavy atom. The lowest BCUT2D eigenvalue weighted by Crippen LogP contribution is -2.44. The summed E-state index contributed by atoms with van der Waals surface area (Å²) in [6, 6.07) is 0. The van der Waals surface area contributed by atoms with E-state index in [-0.39, 0.29) is 11.8 Å². The van der Waals surface area contributed by atoms with Crippen LogP contribution < -0.4 is 15.5 Å². The summed E-state index contributed by atoms with van der Waals surface area (Å²) in [6.07, 6.45) is 3.22. The number of anilines is 2. The minimum Gasteiger partial charge on any atom is -0.353 e. The molecular weight excluding hydrogens is 254 g/mol. The van der Waals surface area contributed by atoms with Gasteiger partial charge >= 0.3 is 0 Å². The number of piperazine rings is 1. The molecule has 3 rings (SSSR count). The van der Waals surface area contributed by atoms with Gasteiger partial charge in [-0.15, -0.1) is 0 Å². The van der Waals surface area contributed by atoms with Crippen molar-refractivity contribution in [1.29, 1.82) is 0 Å². The van der Waals surface area contributed by atoms with Gasteiger partial charge in [-0.25, -0.2) is 0 Å². The average molecular weight is 277 g/mol. The number of hydrogen-bond donors (Lipinski definition) is 2. The van der Waals surface area contributed by atoms with Gasteiger partial charge < -0.3 is 15.5 Å². The number of amides is 1. The second-order valence-corrected chi connectivity index (χ2v) is 5.76. The highest BCUT2D eigenvalue weighted by molar-refractivity contribution is 5.96. The van der Waals surface area contributed by atoms with E-state index in [0.29, 0.717) is 0 Å². The zero-order valence-corrected chi connectivity index (χ0v) is 12.3. The van der Waals surface area contributed by atoms with Crippen molar-refractivity contribution in [3.8, 4) is 0 Å². The van der Waals surface area contributed by atoms with Crippen molar-refractivity contribution in [2.75, 3.05) is 36.4 Å². The molecule has 0 spiro atoms. The van der Waals surface area contributed by atoms with E-state index in [2.05, 4.69) is 20.6 Å². The Labute approximate surface area is 119 Å². The first-order valence-corrected chi connectivity index (χ1v) is 7.47. The molecule has 6 nitrogen and oxygen atoms in total. The van der Waals surface area contributed by atoms with E-state index in [9.17, 15) is 4.79 Å². The predicted octanol–water partition coefficient (Wildman–Crippen LogP) is 0.877. The van der Waals surface area contributed by atoms with E-state index in [1.54, 1.807) is 0 Å². The second kappa shape index (κ2) is 5.44. The molecule has 2 fully saturated rings. The van der Waals surface area contributed by atoms with Crippen molar-refractivity contribution < 1.29 is 4.79 Å². The van der Waals surface area contributed by atoms with Crippen LogP contribution >= 0.6 is 0 Å². The van der Waals surface area contributed by atoms with Crippen molar-refractivity contribution >= 4 is 17.4 Å². The Hall–Kier alpha value is -1.56. The Kier molecular flexibility index (Phi) is 3.65. The van der Waals surface area contributed by atoms with Gasteiger partial charge in [0.1, 0.15) is 5.69 Å². The van der Waals surface area contributed by atoms with Crippen LogP contribution in [0.2, 0.25) is 0 Å². The number of rotatable bonds is 3. The van der Waals surface area contributed by atoms with E-state index in [1.807, 2.05) is 18.7 Å². The second-order valence-electron chi connectivity index (χ2n) is 5.76. The Morgan fingerprint density at radius 3 is 2.65 bits per heavy atom. The van der Waals surface area contributed by atoms with Gasteiger partial charge in [-0.3, -0.25) is 9.48 Å². The molecule has 2 aliphatic rings. The van der Waals surface area contributed by atoms with E-state index >= 15 is 0 Å². The van der Waals surface area contributed by atoms with Crippen LogP contribution in [-0.2, 0) is 11.8 Å². The summed E-state index contributed by atoms with van der Waals surface area (Å²) in [5, 5.41) is 10.9. The molecule has 0 radical (unpaired) electrons. The molecular formula is C14H23N5O. The SMILES string of the molecule is Cc1nn(C)c(N2CCNCC2)c1NC(=O)C1CCC1. The van der Waals surface area contributed by atoms with E-state index in [1.165, 1.54) is 6.42 Å². The summed E-state index contributed by atoms with van der Waals surface area (Å²) in [5.41, 5.74) is 1.79. The van der Waals surface area contributed by atoms with Crippen LogP contribution in [0.5, 0.6) is 0 Å². The molecule has 20 heavy (non-hydrogen) atoms. The first-order chi connectivity index (χ1) is 9.66. The van der Waals surface area contributed by atoms with Gasteiger partial charge in [0.25, 0.3) is 0 Å². The van der Waals surface area contributed by atoms with Gasteiger partial charge in [0.05, 0.1) is 5.69 Å². The third-order valence-corrected chi connectivity index (χ3v) is 4.33. The third-order valence-electron chi connectivity index (χ3n) is 4.33. The van der Waals surface area contributed by atoms with Gasteiger partial charge in [0.15, 0.2) is 5.82 Å². The summed E-state index contributed by atoms with van der Waals surface area (Å²) in [5.74, 6) is 1.39. The van der Waals surface area contributed by atoms with Gasteiger partial charge in [0.2, 0.25) is 5.91 Å². The topological polar surface area (TPSA) is 62.2 Å². The fourth-order valence-electron chi connectivity index (χ4n) is 2.93. The molecule has 1 aliphatic carbocycles. The van der Waals surface area contributed by atoms with E-state index in [0.717, 1.165) is 56.2 Å². The molecule has 1 saturated carbocycles. The normalized spacial score (nSPS) is 19.8. The molecule has 6 heteroatoms. The molecule has 1 aromatic rings. The van der Waals surface area contributed by atoms with Gasteiger partial charge in [-0.2, -0.15) is 5.10 Å². The summed E-state index contributed by atoms with van der Waals surface area (Å²) in [6.45, 7) is 5.80. The fourth-order valence-corrected chi connectivity index (χ4v) is 2.93. The maximum atomic E-state index is 12.2. The number of nitrogens with one attached hydrogen (secondary N) is 2. The highest BCUT2D eigenvalue weighted by Crippen LogP contribution is 2.32. The number of aryl methyl sites for hydroxylation is 2. The maximum Gasteiger partial charge on any atom is 0.227 e. The summed E-state index contributed by atoms with van der Waals surface area (Å²) in [4.78, 5) is 14.5. The van der Waals surface area contributed by atoms with Crippen molar-refractivity contribution in [3.05, 3.63) is 5.69 Å². The lowest BCUT2D eigenvalue weighted by atomic mass is 9.85. The molecule has 1 aliphatic heterocycles. The van der Waals surface area contributed by atoms with Gasteiger partial charge in [-0.05, 0) is 19.8 Å². The van der Waals surface area contributed by atoms with Crippen molar-refractivity contribution in [1.82, 2.24) is 15.1 Å². The highest BCUT2D eigenvalue weighted by atomic mass is 16.1. The van der Waals surface area contributed by atoms with Crippen LogP contribution in [0.25, 0.3) is 0 Å². The zero-order valence-electron chi connectivity index (χ0n) is 12.3. The average Bonchev–Trinajstić information content (AvgIpc) is 2.63. The molecule has 0 unspecified atom stereocenters. The fraction of sp³-hybridized carbons (Fsp3) is 0.714. The molecule has 1 amide bonds. The third kappa shape index (κ3) is 2.40. The van der Waals surface area contributed by atoms with Crippen LogP contribution in [-0.4, -0.2) is 41.9 Å². The molecule has 0 atom stereocenters. The predicted molar refractivity (Wildman–Crippen MR) is 79.0 cm³/mol. The van der Waals surface area contributed by atoms with E-state index < -0.39 is 0 Å². The number of nitrogens with zero attached hydrogens (tertiary/aromatic N) is 3. The van der Waals surface area contributed by atoms with Crippen molar-refractivity contribution in [3.63, 3.8) is 0 Å². The quantitative estimate of drug-likeness (QED) is 0.861. The smallest absolute Gasteiger partial charge is 0.227 e. The van der Waals surface area contributed by atoms with Crippen LogP contribution in [0.3, 0.4) is 0 Å². The van der Waals surface area contributed by atoms with Crippen LogP contribution in [0.4, 0.5) is 11.5 Å². The number of aromatic nitrogens is 2. The minimum absolute atomic E-state index is 0.156. The first-order valence-electron chi connectivity index (χ1n) is 7.47. The molecule has 0 bridgehead atoms. The molecule has 2 heterocycles. The Bertz CT molecular complexity index is 500. The zero-order chi connectivity index (χ0) is 14.1. The van der Waals surface area contributed by atoms with Crippen molar-refractivity contribution in [2.45, 2.75) is 26.2 Å². The molecule has 110 valence electrons. The first kappa shape index (κ1) is 13.4. The van der Waals surface area contributed by atoms with Gasteiger partial charge in [0, 0.05) is 39.1 Å². The molecule has 1 saturated heterocycles. The maximum absolute atomic E-state index is 12.2. The van der Waals surface area contributed by atoms with Crippen LogP contribution in [0.15, 0.2) is 0 Å². The highest BCUT2D eigenvalue weighted by Gasteiger charge is 2.28. The minimum atomic E-state index is 0.156. The summed E-state index contributed by atoms with van der Waals surface area (Å²) in [7, 11) is 1.95. The summed E-state index contributed by atoms with van der Waals surface area (Å²) >= 11 is 0. The Balaban J connectivity index is 1.82. The number of carbonyl (C=O) groups is 1. The van der Waals surface area contributed by atoms with Gasteiger partial charge in [-0.1, -0.05) is 6.42 Å². The molecule has 0 aromatic carbocycles. The molecule has 2 N–H and O–H groups in total. The Morgan fingerprint density at radius 2 is 2.05 bits per heavy atom. The summed E-state index contributed by atoms with van der Waals surface area (Å²) < 4.78 is 1.89. The van der Waals surface area contributed by atoms with Crippen molar-refractivity contribution in [2.24, 2.45) is 13.0 Å². The lowest BCUT2D eigenvalue weighted by molar-refractivity contribution is -0.122. The number of hydrogen-bond acceptors (Lipinski definition) is 4. The largest absolute Gasteiger partial charge is 0.353 e. The lowest BCUT2D eigenvalue weighted by Gasteiger charge is -2.30. The molecule has 1 aromatic heterocycles. The van der Waals surface area contributed by atoms with Crippen LogP contribution in [0.1, 0.15) is 25.0 Å².